The van der Waals surface area contributed by atoms with E-state index in [2.05, 4.69) is 25.7 Å². The first-order chi connectivity index (χ1) is 16.0. The summed E-state index contributed by atoms with van der Waals surface area (Å²) >= 11 is 0. The molecule has 0 radical (unpaired) electrons. The third-order valence-electron chi connectivity index (χ3n) is 5.69. The van der Waals surface area contributed by atoms with Crippen LogP contribution in [0.15, 0.2) is 49.1 Å². The average Bonchev–Trinajstić information content (AvgIpc) is 3.47. The highest BCUT2D eigenvalue weighted by atomic mass is 19.3. The Morgan fingerprint density at radius 1 is 1.24 bits per heavy atom. The Bertz CT molecular complexity index is 1270. The molecule has 8 nitrogen and oxygen atoms in total. The maximum atomic E-state index is 14.2. The molecule has 172 valence electrons. The fourth-order valence-corrected chi connectivity index (χ4v) is 4.00. The van der Waals surface area contributed by atoms with Crippen LogP contribution in [0.2, 0.25) is 0 Å². The number of hydrogen-bond acceptors (Lipinski definition) is 6. The van der Waals surface area contributed by atoms with Crippen LogP contribution in [-0.4, -0.2) is 56.6 Å². The molecule has 11 heteroatoms. The molecule has 4 aromatic rings. The molecule has 0 amide bonds. The van der Waals surface area contributed by atoms with E-state index in [9.17, 15) is 13.2 Å². The molecular weight excluding hydrogens is 435 g/mol. The second kappa shape index (κ2) is 8.74. The van der Waals surface area contributed by atoms with E-state index in [4.69, 9.17) is 4.74 Å². The van der Waals surface area contributed by atoms with E-state index in [1.165, 1.54) is 19.5 Å². The van der Waals surface area contributed by atoms with Gasteiger partial charge in [-0.05, 0) is 25.1 Å². The van der Waals surface area contributed by atoms with E-state index in [1.807, 2.05) is 16.5 Å². The molecule has 1 fully saturated rings. The summed E-state index contributed by atoms with van der Waals surface area (Å²) in [7, 11) is 1.51. The number of methoxy groups -OCH3 is 1. The number of imidazole rings is 1. The standard InChI is InChI=1S/C22H22F3N7O/c1-33-19-7-21-27-10-18(31(21)12-14(19)13-8-28-32(11-13)22(24)25)17-3-2-4-20(30-17)29-16-5-6-26-9-15(16)23/h2-4,7-8,10-12,15-16,22,26H,5-6,9H2,1H3,(H,29,30). The number of piperidine rings is 1. The van der Waals surface area contributed by atoms with Gasteiger partial charge in [-0.15, -0.1) is 0 Å². The van der Waals surface area contributed by atoms with E-state index in [0.717, 1.165) is 6.54 Å². The average molecular weight is 457 g/mol. The fraction of sp³-hybridized carbons (Fsp3) is 0.318. The highest BCUT2D eigenvalue weighted by Gasteiger charge is 2.24. The number of alkyl halides is 3. The monoisotopic (exact) mass is 457 g/mol. The van der Waals surface area contributed by atoms with E-state index in [0.29, 0.717) is 57.4 Å². The summed E-state index contributed by atoms with van der Waals surface area (Å²) in [5.41, 5.74) is 3.00. The molecule has 4 aromatic heterocycles. The van der Waals surface area contributed by atoms with Gasteiger partial charge in [0.25, 0.3) is 0 Å². The van der Waals surface area contributed by atoms with Gasteiger partial charge in [-0.3, -0.25) is 4.40 Å². The molecule has 2 N–H and O–H groups in total. The smallest absolute Gasteiger partial charge is 0.333 e. The predicted molar refractivity (Wildman–Crippen MR) is 117 cm³/mol. The van der Waals surface area contributed by atoms with Crippen LogP contribution in [0.3, 0.4) is 0 Å². The number of rotatable bonds is 6. The Morgan fingerprint density at radius 2 is 2.12 bits per heavy atom. The second-order valence-electron chi connectivity index (χ2n) is 7.78. The van der Waals surface area contributed by atoms with Crippen molar-refractivity contribution in [2.24, 2.45) is 0 Å². The lowest BCUT2D eigenvalue weighted by atomic mass is 10.1. The minimum Gasteiger partial charge on any atom is -0.496 e. The van der Waals surface area contributed by atoms with Gasteiger partial charge in [-0.2, -0.15) is 13.9 Å². The van der Waals surface area contributed by atoms with Crippen LogP contribution in [-0.2, 0) is 0 Å². The Morgan fingerprint density at radius 3 is 2.88 bits per heavy atom. The van der Waals surface area contributed by atoms with Crippen molar-refractivity contribution in [3.63, 3.8) is 0 Å². The summed E-state index contributed by atoms with van der Waals surface area (Å²) in [5, 5.41) is 9.95. The van der Waals surface area contributed by atoms with E-state index >= 15 is 0 Å². The van der Waals surface area contributed by atoms with Crippen molar-refractivity contribution in [1.29, 1.82) is 0 Å². The molecule has 5 heterocycles. The van der Waals surface area contributed by atoms with Crippen LogP contribution in [0.5, 0.6) is 5.75 Å². The summed E-state index contributed by atoms with van der Waals surface area (Å²) in [6.45, 7) is -1.67. The lowest BCUT2D eigenvalue weighted by molar-refractivity contribution is 0.0566. The molecule has 0 bridgehead atoms. The predicted octanol–water partition coefficient (Wildman–Crippen LogP) is 3.78. The van der Waals surface area contributed by atoms with Gasteiger partial charge in [0, 0.05) is 36.1 Å². The molecule has 0 spiro atoms. The van der Waals surface area contributed by atoms with Crippen LogP contribution in [0.1, 0.15) is 13.0 Å². The van der Waals surface area contributed by atoms with Crippen molar-refractivity contribution in [2.45, 2.75) is 25.2 Å². The van der Waals surface area contributed by atoms with Crippen molar-refractivity contribution in [1.82, 2.24) is 29.5 Å². The van der Waals surface area contributed by atoms with Crippen molar-refractivity contribution in [3.05, 3.63) is 49.1 Å². The van der Waals surface area contributed by atoms with Crippen LogP contribution in [0.4, 0.5) is 19.0 Å². The number of nitrogens with zero attached hydrogens (tertiary/aromatic N) is 5. The van der Waals surface area contributed by atoms with E-state index in [1.54, 1.807) is 24.5 Å². The quantitative estimate of drug-likeness (QED) is 0.459. The maximum Gasteiger partial charge on any atom is 0.333 e. The highest BCUT2D eigenvalue weighted by Crippen LogP contribution is 2.33. The number of nitrogens with one attached hydrogen (secondary N) is 2. The topological polar surface area (TPSA) is 81.3 Å². The molecule has 1 aliphatic heterocycles. The summed E-state index contributed by atoms with van der Waals surface area (Å²) in [4.78, 5) is 9.10. The number of ether oxygens (including phenoxy) is 1. The van der Waals surface area contributed by atoms with Crippen molar-refractivity contribution in [3.8, 4) is 28.3 Å². The van der Waals surface area contributed by atoms with Crippen molar-refractivity contribution >= 4 is 11.5 Å². The number of anilines is 1. The zero-order chi connectivity index (χ0) is 22.9. The third-order valence-corrected chi connectivity index (χ3v) is 5.69. The van der Waals surface area contributed by atoms with Crippen molar-refractivity contribution in [2.75, 3.05) is 25.5 Å². The Labute approximate surface area is 187 Å². The minimum atomic E-state index is -2.74. The maximum absolute atomic E-state index is 14.2. The molecule has 5 rings (SSSR count). The van der Waals surface area contributed by atoms with Crippen LogP contribution in [0, 0.1) is 0 Å². The first kappa shape index (κ1) is 21.3. The zero-order valence-corrected chi connectivity index (χ0v) is 17.8. The zero-order valence-electron chi connectivity index (χ0n) is 17.8. The summed E-state index contributed by atoms with van der Waals surface area (Å²) < 4.78 is 48.1. The molecule has 2 unspecified atom stereocenters. The second-order valence-corrected chi connectivity index (χ2v) is 7.78. The number of pyridine rings is 2. The molecule has 2 atom stereocenters. The van der Waals surface area contributed by atoms with Gasteiger partial charge in [0.1, 0.15) is 23.4 Å². The van der Waals surface area contributed by atoms with E-state index < -0.39 is 12.7 Å². The fourth-order valence-electron chi connectivity index (χ4n) is 4.00. The summed E-state index contributed by atoms with van der Waals surface area (Å²) in [6.07, 6.45) is 5.73. The SMILES string of the molecule is COc1cc2ncc(-c3cccc(NC4CCNCC4F)n3)n2cc1-c1cnn(C(F)F)c1. The normalized spacial score (nSPS) is 18.7. The molecule has 33 heavy (non-hydrogen) atoms. The molecule has 0 aromatic carbocycles. The minimum absolute atomic E-state index is 0.307. The lowest BCUT2D eigenvalue weighted by Crippen LogP contribution is -2.45. The number of halogens is 3. The molecule has 0 aliphatic carbocycles. The largest absolute Gasteiger partial charge is 0.496 e. The Balaban J connectivity index is 1.52. The van der Waals surface area contributed by atoms with Crippen molar-refractivity contribution < 1.29 is 17.9 Å². The summed E-state index contributed by atoms with van der Waals surface area (Å²) in [6, 6.07) is 6.90. The molecular formula is C22H22F3N7O. The van der Waals surface area contributed by atoms with Crippen LogP contribution in [0.25, 0.3) is 28.2 Å². The first-order valence-electron chi connectivity index (χ1n) is 10.5. The van der Waals surface area contributed by atoms with E-state index in [-0.39, 0.29) is 6.04 Å². The number of aromatic nitrogens is 5. The Hall–Kier alpha value is -3.60. The summed E-state index contributed by atoms with van der Waals surface area (Å²) in [5.74, 6) is 1.06. The van der Waals surface area contributed by atoms with Crippen LogP contribution >= 0.6 is 0 Å². The number of fused-ring (bicyclic) bond motifs is 1. The first-order valence-corrected chi connectivity index (χ1v) is 10.5. The van der Waals surface area contributed by atoms with Gasteiger partial charge in [0.05, 0.1) is 36.9 Å². The number of hydrogen-bond donors (Lipinski definition) is 2. The van der Waals surface area contributed by atoms with Gasteiger partial charge < -0.3 is 15.4 Å². The molecule has 1 saturated heterocycles. The van der Waals surface area contributed by atoms with Gasteiger partial charge >= 0.3 is 6.55 Å². The van der Waals surface area contributed by atoms with Gasteiger partial charge in [0.2, 0.25) is 0 Å². The molecule has 1 aliphatic rings. The van der Waals surface area contributed by atoms with Gasteiger partial charge in [-0.1, -0.05) is 6.07 Å². The third kappa shape index (κ3) is 4.11. The van der Waals surface area contributed by atoms with Crippen LogP contribution < -0.4 is 15.4 Å². The van der Waals surface area contributed by atoms with Gasteiger partial charge in [-0.25, -0.2) is 19.0 Å². The molecule has 0 saturated carbocycles. The lowest BCUT2D eigenvalue weighted by Gasteiger charge is -2.27. The van der Waals surface area contributed by atoms with Gasteiger partial charge in [0.15, 0.2) is 0 Å². The Kier molecular flexibility index (Phi) is 5.63. The highest BCUT2D eigenvalue weighted by molar-refractivity contribution is 5.73.